The molecule has 1 atom stereocenters. The van der Waals surface area contributed by atoms with E-state index < -0.39 is 0 Å². The van der Waals surface area contributed by atoms with Gasteiger partial charge in [0.25, 0.3) is 0 Å². The van der Waals surface area contributed by atoms with Gasteiger partial charge in [0, 0.05) is 5.56 Å². The molecule has 1 amide bonds. The van der Waals surface area contributed by atoms with Gasteiger partial charge in [0.1, 0.15) is 11.6 Å². The Morgan fingerprint density at radius 1 is 1.20 bits per heavy atom. The summed E-state index contributed by atoms with van der Waals surface area (Å²) in [4.78, 5) is 12.3. The van der Waals surface area contributed by atoms with Crippen molar-refractivity contribution in [3.05, 3.63) is 71.4 Å². The van der Waals surface area contributed by atoms with E-state index in [1.54, 1.807) is 28.6 Å². The summed E-state index contributed by atoms with van der Waals surface area (Å²) in [5.74, 6) is 1.22. The Kier molecular flexibility index (Phi) is 3.97. The molecule has 0 saturated carbocycles. The van der Waals surface area contributed by atoms with Gasteiger partial charge < -0.3 is 10.4 Å². The number of hydrogen-bond donors (Lipinski definition) is 2. The summed E-state index contributed by atoms with van der Waals surface area (Å²) >= 11 is 1.54. The lowest BCUT2D eigenvalue weighted by Gasteiger charge is -2.15. The maximum absolute atomic E-state index is 12.3. The first-order valence-electron chi connectivity index (χ1n) is 7.99. The summed E-state index contributed by atoms with van der Waals surface area (Å²) < 4.78 is 1.78. The van der Waals surface area contributed by atoms with Crippen molar-refractivity contribution in [2.24, 2.45) is 0 Å². The summed E-state index contributed by atoms with van der Waals surface area (Å²) in [5, 5.41) is 17.4. The summed E-state index contributed by atoms with van der Waals surface area (Å²) in [5.41, 5.74) is 3.69. The van der Waals surface area contributed by atoms with Crippen molar-refractivity contribution < 1.29 is 9.90 Å². The molecule has 1 aliphatic heterocycles. The van der Waals surface area contributed by atoms with E-state index in [9.17, 15) is 9.90 Å². The number of hydrogen-bond acceptors (Lipinski definition) is 4. The van der Waals surface area contributed by atoms with Crippen LogP contribution in [0.15, 0.2) is 54.6 Å². The van der Waals surface area contributed by atoms with Crippen LogP contribution in [0.1, 0.15) is 22.1 Å². The number of aryl methyl sites for hydroxylation is 1. The lowest BCUT2D eigenvalue weighted by molar-refractivity contribution is -0.113. The first-order chi connectivity index (χ1) is 12.1. The van der Waals surface area contributed by atoms with Crippen LogP contribution >= 0.6 is 11.8 Å². The first kappa shape index (κ1) is 15.8. The maximum atomic E-state index is 12.3. The van der Waals surface area contributed by atoms with Crippen molar-refractivity contribution in [2.45, 2.75) is 12.2 Å². The zero-order chi connectivity index (χ0) is 17.4. The van der Waals surface area contributed by atoms with E-state index in [1.807, 2.05) is 49.4 Å². The normalized spacial score (nSPS) is 16.8. The second-order valence-electron chi connectivity index (χ2n) is 5.93. The molecular formula is C19H17N3O2S. The molecular weight excluding hydrogens is 334 g/mol. The minimum absolute atomic E-state index is 0.0500. The highest BCUT2D eigenvalue weighted by molar-refractivity contribution is 8.00. The molecule has 3 aromatic rings. The number of rotatable bonds is 2. The van der Waals surface area contributed by atoms with Crippen LogP contribution in [0.3, 0.4) is 0 Å². The van der Waals surface area contributed by atoms with Crippen molar-refractivity contribution in [1.29, 1.82) is 0 Å². The summed E-state index contributed by atoms with van der Waals surface area (Å²) in [6.45, 7) is 1.95. The molecule has 0 bridgehead atoms. The van der Waals surface area contributed by atoms with Gasteiger partial charge in [-0.2, -0.15) is 5.10 Å². The molecule has 4 rings (SSSR count). The average molecular weight is 351 g/mol. The molecule has 0 aliphatic carbocycles. The van der Waals surface area contributed by atoms with E-state index in [-0.39, 0.29) is 16.9 Å². The number of aromatic nitrogens is 2. The van der Waals surface area contributed by atoms with Crippen molar-refractivity contribution >= 4 is 23.5 Å². The smallest absolute Gasteiger partial charge is 0.235 e. The van der Waals surface area contributed by atoms with E-state index >= 15 is 0 Å². The van der Waals surface area contributed by atoms with Crippen LogP contribution in [0.5, 0.6) is 5.75 Å². The van der Waals surface area contributed by atoms with Crippen LogP contribution < -0.4 is 5.32 Å². The molecule has 2 aromatic carbocycles. The fourth-order valence-corrected chi connectivity index (χ4v) is 4.27. The van der Waals surface area contributed by atoms with Gasteiger partial charge in [0.15, 0.2) is 0 Å². The number of phenolic OH excluding ortho intramolecular Hbond substituents is 1. The van der Waals surface area contributed by atoms with E-state index in [0.717, 1.165) is 22.5 Å². The lowest BCUT2D eigenvalue weighted by Crippen LogP contribution is -2.15. The van der Waals surface area contributed by atoms with Gasteiger partial charge in [0.05, 0.1) is 22.4 Å². The highest BCUT2D eigenvalue weighted by atomic mass is 32.2. The molecule has 5 nitrogen and oxygen atoms in total. The van der Waals surface area contributed by atoms with E-state index in [1.165, 1.54) is 0 Å². The standard InChI is InChI=1S/C19H17N3O2S/c1-12-17-18(13-6-5-9-15(23)10-13)25-11-16(24)20-19(17)22(21-12)14-7-3-2-4-8-14/h2-10,18,23H,11H2,1H3,(H,20,24). The highest BCUT2D eigenvalue weighted by Gasteiger charge is 2.30. The Morgan fingerprint density at radius 2 is 2.00 bits per heavy atom. The molecule has 1 aromatic heterocycles. The number of carbonyl (C=O) groups excluding carboxylic acids is 1. The van der Waals surface area contributed by atoms with Crippen LogP contribution in [0, 0.1) is 6.92 Å². The van der Waals surface area contributed by atoms with Gasteiger partial charge in [-0.1, -0.05) is 30.3 Å². The lowest BCUT2D eigenvalue weighted by atomic mass is 10.0. The number of anilines is 1. The van der Waals surface area contributed by atoms with Crippen molar-refractivity contribution in [2.75, 3.05) is 11.1 Å². The summed E-state index contributed by atoms with van der Waals surface area (Å²) in [6.07, 6.45) is 0. The number of nitrogens with one attached hydrogen (secondary N) is 1. The Balaban J connectivity index is 1.90. The Labute approximate surface area is 149 Å². The molecule has 0 fully saturated rings. The number of nitrogens with zero attached hydrogens (tertiary/aromatic N) is 2. The second-order valence-corrected chi connectivity index (χ2v) is 7.02. The average Bonchev–Trinajstić information content (AvgIpc) is 2.82. The SMILES string of the molecule is Cc1nn(-c2ccccc2)c2c1C(c1cccc(O)c1)SCC(=O)N2. The Hall–Kier alpha value is -2.73. The molecule has 1 aliphatic rings. The number of para-hydroxylation sites is 1. The third kappa shape index (κ3) is 2.89. The van der Waals surface area contributed by atoms with Gasteiger partial charge in [-0.15, -0.1) is 11.8 Å². The number of benzene rings is 2. The summed E-state index contributed by atoms with van der Waals surface area (Å²) in [7, 11) is 0. The van der Waals surface area contributed by atoms with Gasteiger partial charge in [0.2, 0.25) is 5.91 Å². The topological polar surface area (TPSA) is 67.1 Å². The molecule has 2 heterocycles. The minimum Gasteiger partial charge on any atom is -0.508 e. The van der Waals surface area contributed by atoms with E-state index in [4.69, 9.17) is 0 Å². The van der Waals surface area contributed by atoms with Gasteiger partial charge in [-0.25, -0.2) is 4.68 Å². The second kappa shape index (κ2) is 6.29. The van der Waals surface area contributed by atoms with E-state index in [2.05, 4.69) is 10.4 Å². The molecule has 0 spiro atoms. The number of carbonyl (C=O) groups is 1. The maximum Gasteiger partial charge on any atom is 0.235 e. The van der Waals surface area contributed by atoms with Gasteiger partial charge in [-0.05, 0) is 36.8 Å². The summed E-state index contributed by atoms with van der Waals surface area (Å²) in [6, 6.07) is 16.9. The Bertz CT molecular complexity index is 937. The highest BCUT2D eigenvalue weighted by Crippen LogP contribution is 2.44. The van der Waals surface area contributed by atoms with Crippen molar-refractivity contribution in [1.82, 2.24) is 9.78 Å². The molecule has 0 radical (unpaired) electrons. The van der Waals surface area contributed by atoms with Crippen LogP contribution in [0.2, 0.25) is 0 Å². The molecule has 6 heteroatoms. The zero-order valence-corrected chi connectivity index (χ0v) is 14.5. The van der Waals surface area contributed by atoms with Crippen molar-refractivity contribution in [3.8, 4) is 11.4 Å². The predicted octanol–water partition coefficient (Wildman–Crippen LogP) is 3.66. The van der Waals surface area contributed by atoms with Crippen LogP contribution in [-0.2, 0) is 4.79 Å². The fourth-order valence-electron chi connectivity index (χ4n) is 3.09. The number of phenols is 1. The largest absolute Gasteiger partial charge is 0.508 e. The molecule has 0 saturated heterocycles. The fraction of sp³-hybridized carbons (Fsp3) is 0.158. The monoisotopic (exact) mass is 351 g/mol. The number of fused-ring (bicyclic) bond motifs is 1. The van der Waals surface area contributed by atoms with Crippen LogP contribution in [-0.4, -0.2) is 26.5 Å². The third-order valence-electron chi connectivity index (χ3n) is 4.18. The number of thioether (sulfide) groups is 1. The van der Waals surface area contributed by atoms with Crippen LogP contribution in [0.25, 0.3) is 5.69 Å². The minimum atomic E-state index is -0.0708. The zero-order valence-electron chi connectivity index (χ0n) is 13.6. The first-order valence-corrected chi connectivity index (χ1v) is 9.03. The molecule has 2 N–H and O–H groups in total. The van der Waals surface area contributed by atoms with Crippen molar-refractivity contribution in [3.63, 3.8) is 0 Å². The Morgan fingerprint density at radius 3 is 2.76 bits per heavy atom. The molecule has 126 valence electrons. The predicted molar refractivity (Wildman–Crippen MR) is 99.3 cm³/mol. The molecule has 1 unspecified atom stereocenters. The van der Waals surface area contributed by atoms with Crippen LogP contribution in [0.4, 0.5) is 5.82 Å². The van der Waals surface area contributed by atoms with E-state index in [0.29, 0.717) is 11.6 Å². The number of amides is 1. The quantitative estimate of drug-likeness (QED) is 0.739. The molecule has 25 heavy (non-hydrogen) atoms. The third-order valence-corrected chi connectivity index (χ3v) is 5.45. The van der Waals surface area contributed by atoms with Gasteiger partial charge >= 0.3 is 0 Å². The number of aromatic hydroxyl groups is 1. The van der Waals surface area contributed by atoms with Gasteiger partial charge in [-0.3, -0.25) is 4.79 Å².